The first-order chi connectivity index (χ1) is 14.6. The highest BCUT2D eigenvalue weighted by Gasteiger charge is 2.53. The second-order valence-corrected chi connectivity index (χ2v) is 9.49. The van der Waals surface area contributed by atoms with Crippen LogP contribution in [0, 0.1) is 11.3 Å². The topological polar surface area (TPSA) is 80.7 Å². The Hall–Kier alpha value is -2.69. The number of methoxy groups -OCH3 is 1. The van der Waals surface area contributed by atoms with Crippen molar-refractivity contribution in [2.45, 2.75) is 66.2 Å². The lowest BCUT2D eigenvalue weighted by molar-refractivity contribution is 0.0560. The van der Waals surface area contributed by atoms with Gasteiger partial charge < -0.3 is 9.84 Å². The summed E-state index contributed by atoms with van der Waals surface area (Å²) in [5.41, 5.74) is 2.22. The number of phenolic OH excluding ortho intramolecular Hbond substituents is 1. The van der Waals surface area contributed by atoms with Crippen LogP contribution in [0.1, 0.15) is 103 Å². The summed E-state index contributed by atoms with van der Waals surface area (Å²) in [7, 11) is 1.39. The van der Waals surface area contributed by atoms with Crippen LogP contribution in [-0.4, -0.2) is 30.1 Å². The van der Waals surface area contributed by atoms with Gasteiger partial charge in [0, 0.05) is 28.0 Å². The summed E-state index contributed by atoms with van der Waals surface area (Å²) < 4.78 is 5.39. The molecule has 1 aromatic rings. The maximum atomic E-state index is 13.9. The minimum atomic E-state index is -0.865. The van der Waals surface area contributed by atoms with Crippen molar-refractivity contribution < 1.29 is 24.2 Å². The van der Waals surface area contributed by atoms with E-state index >= 15 is 0 Å². The Morgan fingerprint density at radius 3 is 2.52 bits per heavy atom. The predicted octanol–water partition coefficient (Wildman–Crippen LogP) is 5.80. The number of carbonyl (C=O) groups is 3. The summed E-state index contributed by atoms with van der Waals surface area (Å²) in [6, 6.07) is 0. The van der Waals surface area contributed by atoms with Gasteiger partial charge in [-0.2, -0.15) is 0 Å². The average Bonchev–Trinajstić information content (AvgIpc) is 2.71. The molecule has 2 atom stereocenters. The van der Waals surface area contributed by atoms with Gasteiger partial charge in [0.05, 0.1) is 12.7 Å². The normalized spacial score (nSPS) is 22.5. The second kappa shape index (κ2) is 8.45. The van der Waals surface area contributed by atoms with Crippen LogP contribution in [0.4, 0.5) is 0 Å². The van der Waals surface area contributed by atoms with E-state index in [1.165, 1.54) is 18.3 Å². The van der Waals surface area contributed by atoms with Crippen molar-refractivity contribution in [3.63, 3.8) is 0 Å². The van der Waals surface area contributed by atoms with E-state index in [1.54, 1.807) is 0 Å². The fraction of sp³-hybridized carbons (Fsp3) is 0.500. The quantitative estimate of drug-likeness (QED) is 0.461. The number of aldehydes is 1. The van der Waals surface area contributed by atoms with Gasteiger partial charge in [-0.25, -0.2) is 0 Å². The van der Waals surface area contributed by atoms with Crippen molar-refractivity contribution in [3.05, 3.63) is 45.6 Å². The Morgan fingerprint density at radius 2 is 1.97 bits per heavy atom. The first-order valence-corrected chi connectivity index (χ1v) is 10.9. The molecule has 5 heteroatoms. The predicted molar refractivity (Wildman–Crippen MR) is 120 cm³/mol. The smallest absolute Gasteiger partial charge is 0.170 e. The van der Waals surface area contributed by atoms with Gasteiger partial charge in [0.25, 0.3) is 0 Å². The summed E-state index contributed by atoms with van der Waals surface area (Å²) in [5, 5.41) is 10.7. The van der Waals surface area contributed by atoms with Crippen LogP contribution < -0.4 is 4.74 Å². The van der Waals surface area contributed by atoms with Crippen molar-refractivity contribution in [1.82, 2.24) is 0 Å². The third kappa shape index (κ3) is 3.64. The zero-order valence-corrected chi connectivity index (χ0v) is 19.3. The van der Waals surface area contributed by atoms with Crippen molar-refractivity contribution >= 4 is 17.9 Å². The number of hydrogen-bond acceptors (Lipinski definition) is 5. The van der Waals surface area contributed by atoms with Crippen LogP contribution in [0.25, 0.3) is 0 Å². The van der Waals surface area contributed by atoms with Crippen LogP contribution in [0.15, 0.2) is 23.3 Å². The average molecular weight is 425 g/mol. The Bertz CT molecular complexity index is 1010. The fourth-order valence-corrected chi connectivity index (χ4v) is 5.03. The largest absolute Gasteiger partial charge is 0.504 e. The molecular weight excluding hydrogens is 392 g/mol. The van der Waals surface area contributed by atoms with E-state index < -0.39 is 11.3 Å². The molecule has 0 aromatic heterocycles. The number of ether oxygens (including phenoxy) is 1. The van der Waals surface area contributed by atoms with Gasteiger partial charge in [-0.05, 0) is 45.4 Å². The number of Topliss-reactive ketones (excluding diaryl/α,β-unsaturated/α-hetero) is 2. The molecule has 0 saturated heterocycles. The Labute approximate surface area is 184 Å². The van der Waals surface area contributed by atoms with Crippen molar-refractivity contribution in [2.75, 3.05) is 7.11 Å². The second-order valence-electron chi connectivity index (χ2n) is 9.49. The molecule has 166 valence electrons. The zero-order valence-electron chi connectivity index (χ0n) is 19.3. The molecule has 0 heterocycles. The molecule has 2 aliphatic rings. The third-order valence-electron chi connectivity index (χ3n) is 6.78. The highest BCUT2D eigenvalue weighted by Crippen LogP contribution is 2.53. The van der Waals surface area contributed by atoms with E-state index in [4.69, 9.17) is 4.74 Å². The number of aromatic hydroxyl groups is 1. The highest BCUT2D eigenvalue weighted by atomic mass is 16.5. The molecular formula is C26H32O5. The first kappa shape index (κ1) is 23.0. The maximum absolute atomic E-state index is 13.9. The summed E-state index contributed by atoms with van der Waals surface area (Å²) in [5.74, 6) is -1.34. The first-order valence-electron chi connectivity index (χ1n) is 10.9. The van der Waals surface area contributed by atoms with E-state index in [2.05, 4.69) is 26.0 Å². The van der Waals surface area contributed by atoms with E-state index in [1.807, 2.05) is 20.8 Å². The van der Waals surface area contributed by atoms with Gasteiger partial charge in [-0.15, -0.1) is 0 Å². The number of allylic oxidation sites excluding steroid dienone is 4. The number of hydrogen-bond donors (Lipinski definition) is 1. The Morgan fingerprint density at radius 1 is 1.29 bits per heavy atom. The maximum Gasteiger partial charge on any atom is 0.170 e. The van der Waals surface area contributed by atoms with Crippen LogP contribution in [0.3, 0.4) is 0 Å². The molecule has 0 bridgehead atoms. The van der Waals surface area contributed by atoms with Crippen molar-refractivity contribution in [2.24, 2.45) is 11.3 Å². The molecule has 0 radical (unpaired) electrons. The lowest BCUT2D eigenvalue weighted by Crippen LogP contribution is -2.47. The summed E-state index contributed by atoms with van der Waals surface area (Å²) in [4.78, 5) is 39.5. The Balaban J connectivity index is 2.18. The van der Waals surface area contributed by atoms with Gasteiger partial charge in [-0.3, -0.25) is 14.4 Å². The minimum Gasteiger partial charge on any atom is -0.504 e. The third-order valence-corrected chi connectivity index (χ3v) is 6.78. The van der Waals surface area contributed by atoms with Gasteiger partial charge >= 0.3 is 0 Å². The molecule has 1 aromatic carbocycles. The molecule has 2 aliphatic carbocycles. The van der Waals surface area contributed by atoms with E-state index in [9.17, 15) is 19.5 Å². The number of phenols is 1. The van der Waals surface area contributed by atoms with Crippen molar-refractivity contribution in [3.8, 4) is 11.5 Å². The Kier molecular flexibility index (Phi) is 6.26. The van der Waals surface area contributed by atoms with Gasteiger partial charge in [-0.1, -0.05) is 44.1 Å². The monoisotopic (exact) mass is 424 g/mol. The standard InChI is InChI=1S/C26H32O5/c1-14(2)8-7-9-16-10-11-26(5)18(12-16)23(29)20-17(13-27)22(28)24(31-6)19(15(3)4)21(20)25(26)30/h8,10,13,15,18,28H,7,9,11-12H2,1-6H3. The number of ketones is 2. The minimum absolute atomic E-state index is 0.0648. The molecule has 3 rings (SSSR count). The lowest BCUT2D eigenvalue weighted by atomic mass is 9.57. The molecule has 1 N–H and O–H groups in total. The number of rotatable bonds is 6. The lowest BCUT2D eigenvalue weighted by Gasteiger charge is -2.43. The highest BCUT2D eigenvalue weighted by molar-refractivity contribution is 6.22. The van der Waals surface area contributed by atoms with Crippen LogP contribution in [0.2, 0.25) is 0 Å². The molecule has 0 amide bonds. The van der Waals surface area contributed by atoms with Gasteiger partial charge in [0.1, 0.15) is 0 Å². The molecule has 0 spiro atoms. The number of fused-ring (bicyclic) bond motifs is 2. The molecule has 5 nitrogen and oxygen atoms in total. The van der Waals surface area contributed by atoms with E-state index in [0.29, 0.717) is 24.7 Å². The van der Waals surface area contributed by atoms with Gasteiger partial charge in [0.15, 0.2) is 29.4 Å². The summed E-state index contributed by atoms with van der Waals surface area (Å²) in [6.45, 7) is 9.73. The zero-order chi connectivity index (χ0) is 23.1. The fourth-order valence-electron chi connectivity index (χ4n) is 5.03. The van der Waals surface area contributed by atoms with Crippen LogP contribution >= 0.6 is 0 Å². The number of carbonyl (C=O) groups excluding carboxylic acids is 3. The van der Waals surface area contributed by atoms with Gasteiger partial charge in [0.2, 0.25) is 0 Å². The number of benzene rings is 1. The summed E-state index contributed by atoms with van der Waals surface area (Å²) in [6.07, 6.45) is 7.47. The molecule has 31 heavy (non-hydrogen) atoms. The molecule has 0 aliphatic heterocycles. The molecule has 0 saturated carbocycles. The molecule has 0 fully saturated rings. The summed E-state index contributed by atoms with van der Waals surface area (Å²) >= 11 is 0. The van der Waals surface area contributed by atoms with Crippen LogP contribution in [-0.2, 0) is 0 Å². The van der Waals surface area contributed by atoms with Crippen molar-refractivity contribution in [1.29, 1.82) is 0 Å². The SMILES string of the molecule is COc1c(O)c(C=O)c2c(c1C(C)C)C(=O)C1(C)CC=C(CCC=C(C)C)CC1C2=O. The van der Waals surface area contributed by atoms with E-state index in [-0.39, 0.29) is 45.7 Å². The molecule has 2 unspecified atom stereocenters. The van der Waals surface area contributed by atoms with Crippen LogP contribution in [0.5, 0.6) is 11.5 Å². The van der Waals surface area contributed by atoms with E-state index in [0.717, 1.165) is 12.8 Å².